The second-order valence-electron chi connectivity index (χ2n) is 6.50. The van der Waals surface area contributed by atoms with Crippen molar-refractivity contribution in [2.45, 2.75) is 39.0 Å². The highest BCUT2D eigenvalue weighted by Crippen LogP contribution is 2.29. The number of anilines is 1. The number of ether oxygens (including phenoxy) is 1. The number of benzene rings is 1. The Morgan fingerprint density at radius 2 is 2.00 bits per heavy atom. The molecule has 0 radical (unpaired) electrons. The van der Waals surface area contributed by atoms with Crippen LogP contribution >= 0.6 is 11.3 Å². The molecule has 0 spiro atoms. The Bertz CT molecular complexity index is 867. The van der Waals surface area contributed by atoms with Gasteiger partial charge in [-0.25, -0.2) is 4.79 Å². The summed E-state index contributed by atoms with van der Waals surface area (Å²) in [5.41, 5.74) is 1.92. The molecule has 0 fully saturated rings. The first kappa shape index (κ1) is 19.0. The number of rotatable bonds is 5. The molecule has 0 saturated carbocycles. The first-order chi connectivity index (χ1) is 12.9. The van der Waals surface area contributed by atoms with E-state index in [4.69, 9.17) is 4.74 Å². The van der Waals surface area contributed by atoms with Gasteiger partial charge in [0, 0.05) is 22.2 Å². The lowest BCUT2D eigenvalue weighted by Gasteiger charge is -2.07. The monoisotopic (exact) mass is 388 g/mol. The third-order valence-corrected chi connectivity index (χ3v) is 5.69. The number of fused-ring (bicyclic) bond motifs is 1. The Hall–Kier alpha value is -2.74. The van der Waals surface area contributed by atoms with E-state index in [9.17, 15) is 19.7 Å². The minimum absolute atomic E-state index is 0.0788. The SMILES string of the molecule is Cc1ccc(NC(=O)COC(=O)c2cc3c(s2)CCCCC3)cc1[N+](=O)[O-]. The number of esters is 1. The molecule has 0 unspecified atom stereocenters. The summed E-state index contributed by atoms with van der Waals surface area (Å²) in [6.45, 7) is 1.18. The number of aryl methyl sites for hydroxylation is 3. The van der Waals surface area contributed by atoms with Crippen molar-refractivity contribution in [3.8, 4) is 0 Å². The summed E-state index contributed by atoms with van der Waals surface area (Å²) < 4.78 is 5.10. The van der Waals surface area contributed by atoms with Crippen LogP contribution in [0.5, 0.6) is 0 Å². The molecule has 1 amide bonds. The second kappa shape index (κ2) is 8.30. The van der Waals surface area contributed by atoms with Crippen LogP contribution in [-0.2, 0) is 22.4 Å². The van der Waals surface area contributed by atoms with Gasteiger partial charge in [0.25, 0.3) is 11.6 Å². The van der Waals surface area contributed by atoms with Gasteiger partial charge in [0.05, 0.1) is 4.92 Å². The zero-order valence-corrected chi connectivity index (χ0v) is 15.8. The highest BCUT2D eigenvalue weighted by Gasteiger charge is 2.19. The van der Waals surface area contributed by atoms with Gasteiger partial charge in [0.15, 0.2) is 6.61 Å². The molecule has 1 N–H and O–H groups in total. The van der Waals surface area contributed by atoms with Gasteiger partial charge < -0.3 is 10.1 Å². The molecule has 1 aromatic carbocycles. The Morgan fingerprint density at radius 1 is 1.22 bits per heavy atom. The average molecular weight is 388 g/mol. The van der Waals surface area contributed by atoms with Crippen molar-refractivity contribution in [3.05, 3.63) is 55.3 Å². The molecule has 0 aliphatic heterocycles. The number of nitro benzene ring substituents is 1. The van der Waals surface area contributed by atoms with Crippen molar-refractivity contribution in [1.29, 1.82) is 0 Å². The number of hydrogen-bond donors (Lipinski definition) is 1. The molecule has 1 heterocycles. The molecule has 2 aromatic rings. The van der Waals surface area contributed by atoms with E-state index < -0.39 is 23.4 Å². The molecule has 0 bridgehead atoms. The highest BCUT2D eigenvalue weighted by molar-refractivity contribution is 7.14. The van der Waals surface area contributed by atoms with Gasteiger partial charge in [-0.05, 0) is 50.3 Å². The number of thiophene rings is 1. The molecule has 142 valence electrons. The van der Waals surface area contributed by atoms with Gasteiger partial charge in [-0.1, -0.05) is 12.5 Å². The van der Waals surface area contributed by atoms with E-state index in [1.54, 1.807) is 19.1 Å². The average Bonchev–Trinajstić information content (AvgIpc) is 2.92. The minimum atomic E-state index is -0.542. The van der Waals surface area contributed by atoms with Crippen LogP contribution in [-0.4, -0.2) is 23.4 Å². The Morgan fingerprint density at radius 3 is 2.78 bits per heavy atom. The third-order valence-electron chi connectivity index (χ3n) is 4.47. The number of carbonyl (C=O) groups excluding carboxylic acids is 2. The third kappa shape index (κ3) is 4.71. The topological polar surface area (TPSA) is 98.5 Å². The van der Waals surface area contributed by atoms with Crippen LogP contribution in [0, 0.1) is 17.0 Å². The summed E-state index contributed by atoms with van der Waals surface area (Å²) in [7, 11) is 0. The van der Waals surface area contributed by atoms with Gasteiger partial charge in [-0.3, -0.25) is 14.9 Å². The molecule has 0 saturated heterocycles. The zero-order valence-electron chi connectivity index (χ0n) is 14.9. The lowest BCUT2D eigenvalue weighted by molar-refractivity contribution is -0.385. The predicted octanol–water partition coefficient (Wildman–Crippen LogP) is 4.03. The van der Waals surface area contributed by atoms with Crippen LogP contribution < -0.4 is 5.32 Å². The predicted molar refractivity (Wildman–Crippen MR) is 102 cm³/mol. The Kier molecular flexibility index (Phi) is 5.85. The smallest absolute Gasteiger partial charge is 0.348 e. The minimum Gasteiger partial charge on any atom is -0.451 e. The molecule has 1 aliphatic carbocycles. The van der Waals surface area contributed by atoms with Crippen LogP contribution in [0.2, 0.25) is 0 Å². The summed E-state index contributed by atoms with van der Waals surface area (Å²) in [6, 6.07) is 6.27. The van der Waals surface area contributed by atoms with Crippen molar-refractivity contribution < 1.29 is 19.2 Å². The molecular weight excluding hydrogens is 368 g/mol. The van der Waals surface area contributed by atoms with E-state index >= 15 is 0 Å². The van der Waals surface area contributed by atoms with Crippen LogP contribution in [0.15, 0.2) is 24.3 Å². The number of hydrogen-bond acceptors (Lipinski definition) is 6. The molecule has 0 atom stereocenters. The quantitative estimate of drug-likeness (QED) is 0.361. The maximum absolute atomic E-state index is 12.2. The number of amides is 1. The fraction of sp³-hybridized carbons (Fsp3) is 0.368. The largest absolute Gasteiger partial charge is 0.451 e. The van der Waals surface area contributed by atoms with Crippen LogP contribution in [0.1, 0.15) is 44.9 Å². The van der Waals surface area contributed by atoms with E-state index in [0.717, 1.165) is 25.7 Å². The van der Waals surface area contributed by atoms with E-state index in [1.807, 2.05) is 6.07 Å². The maximum Gasteiger partial charge on any atom is 0.348 e. The van der Waals surface area contributed by atoms with E-state index in [-0.39, 0.29) is 11.4 Å². The van der Waals surface area contributed by atoms with E-state index in [1.165, 1.54) is 34.3 Å². The molecule has 3 rings (SSSR count). The Labute approximate surface area is 160 Å². The van der Waals surface area contributed by atoms with E-state index in [0.29, 0.717) is 10.4 Å². The second-order valence-corrected chi connectivity index (χ2v) is 7.64. The fourth-order valence-electron chi connectivity index (χ4n) is 3.05. The van der Waals surface area contributed by atoms with Gasteiger partial charge in [-0.2, -0.15) is 0 Å². The van der Waals surface area contributed by atoms with Crippen LogP contribution in [0.4, 0.5) is 11.4 Å². The first-order valence-corrected chi connectivity index (χ1v) is 9.59. The number of carbonyl (C=O) groups is 2. The molecular formula is C19H20N2O5S. The standard InChI is InChI=1S/C19H20N2O5S/c1-12-7-8-14(10-15(12)21(24)25)20-18(22)11-26-19(23)17-9-13-5-3-2-4-6-16(13)27-17/h7-10H,2-6,11H2,1H3,(H,20,22). The van der Waals surface area contributed by atoms with Crippen molar-refractivity contribution in [2.24, 2.45) is 0 Å². The zero-order chi connectivity index (χ0) is 19.4. The number of nitrogens with zero attached hydrogens (tertiary/aromatic N) is 1. The molecule has 1 aliphatic rings. The van der Waals surface area contributed by atoms with Crippen molar-refractivity contribution in [1.82, 2.24) is 0 Å². The Balaban J connectivity index is 1.57. The maximum atomic E-state index is 12.2. The summed E-state index contributed by atoms with van der Waals surface area (Å²) >= 11 is 1.44. The first-order valence-electron chi connectivity index (χ1n) is 8.77. The summed E-state index contributed by atoms with van der Waals surface area (Å²) in [4.78, 5) is 36.4. The molecule has 7 nitrogen and oxygen atoms in total. The lowest BCUT2D eigenvalue weighted by Crippen LogP contribution is -2.20. The lowest BCUT2D eigenvalue weighted by atomic mass is 10.1. The van der Waals surface area contributed by atoms with Gasteiger partial charge >= 0.3 is 5.97 Å². The normalized spacial score (nSPS) is 13.4. The summed E-state index contributed by atoms with van der Waals surface area (Å²) in [5.74, 6) is -1.06. The van der Waals surface area contributed by atoms with E-state index in [2.05, 4.69) is 5.32 Å². The highest BCUT2D eigenvalue weighted by atomic mass is 32.1. The summed E-state index contributed by atoms with van der Waals surface area (Å²) in [6.07, 6.45) is 5.43. The van der Waals surface area contributed by atoms with Crippen LogP contribution in [0.25, 0.3) is 0 Å². The van der Waals surface area contributed by atoms with Crippen molar-refractivity contribution in [3.63, 3.8) is 0 Å². The van der Waals surface area contributed by atoms with Gasteiger partial charge in [0.1, 0.15) is 4.88 Å². The molecule has 8 heteroatoms. The van der Waals surface area contributed by atoms with Crippen molar-refractivity contribution in [2.75, 3.05) is 11.9 Å². The van der Waals surface area contributed by atoms with Crippen LogP contribution in [0.3, 0.4) is 0 Å². The summed E-state index contributed by atoms with van der Waals surface area (Å²) in [5, 5.41) is 13.5. The van der Waals surface area contributed by atoms with Gasteiger partial charge in [0.2, 0.25) is 0 Å². The number of nitro groups is 1. The van der Waals surface area contributed by atoms with Gasteiger partial charge in [-0.15, -0.1) is 11.3 Å². The van der Waals surface area contributed by atoms with Crippen molar-refractivity contribution >= 4 is 34.6 Å². The molecule has 1 aromatic heterocycles. The fourth-order valence-corrected chi connectivity index (χ4v) is 4.20. The number of nitrogens with one attached hydrogen (secondary N) is 1. The molecule has 27 heavy (non-hydrogen) atoms.